The molecule has 0 spiro atoms. The Morgan fingerprint density at radius 3 is 2.48 bits per heavy atom. The van der Waals surface area contributed by atoms with Gasteiger partial charge in [-0.05, 0) is 55.0 Å². The summed E-state index contributed by atoms with van der Waals surface area (Å²) in [5, 5.41) is 12.0. The van der Waals surface area contributed by atoms with Gasteiger partial charge in [-0.3, -0.25) is 4.79 Å². The lowest BCUT2D eigenvalue weighted by molar-refractivity contribution is -0.139. The Balaban J connectivity index is 2.37. The molecule has 0 saturated carbocycles. The third kappa shape index (κ3) is 4.86. The molecule has 0 heterocycles. The molecule has 0 radical (unpaired) electrons. The maximum atomic E-state index is 12.8. The predicted octanol–water partition coefficient (Wildman–Crippen LogP) is 3.91. The van der Waals surface area contributed by atoms with E-state index in [0.717, 1.165) is 22.3 Å². The lowest BCUT2D eigenvalue weighted by Crippen LogP contribution is -2.41. The zero-order chi connectivity index (χ0) is 18.4. The van der Waals surface area contributed by atoms with Crippen molar-refractivity contribution >= 4 is 23.6 Å². The molecular formula is C20H23NO3S. The van der Waals surface area contributed by atoms with Crippen LogP contribution in [-0.4, -0.2) is 35.0 Å². The molecule has 4 nitrogen and oxygen atoms in total. The Labute approximate surface area is 152 Å². The highest BCUT2D eigenvalue weighted by Gasteiger charge is 2.22. The first-order chi connectivity index (χ1) is 11.9. The van der Waals surface area contributed by atoms with Crippen molar-refractivity contribution in [3.63, 3.8) is 0 Å². The van der Waals surface area contributed by atoms with Gasteiger partial charge in [0.2, 0.25) is 0 Å². The van der Waals surface area contributed by atoms with E-state index in [-0.39, 0.29) is 5.91 Å². The number of carboxylic acids is 1. The zero-order valence-corrected chi connectivity index (χ0v) is 15.5. The molecule has 0 aliphatic carbocycles. The van der Waals surface area contributed by atoms with Crippen LogP contribution in [0.4, 0.5) is 0 Å². The van der Waals surface area contributed by atoms with Gasteiger partial charge in [0, 0.05) is 5.56 Å². The molecule has 0 aliphatic rings. The maximum absolute atomic E-state index is 12.8. The third-order valence-electron chi connectivity index (χ3n) is 4.07. The first-order valence-corrected chi connectivity index (χ1v) is 9.52. The lowest BCUT2D eigenvalue weighted by Gasteiger charge is -2.17. The second-order valence-corrected chi connectivity index (χ2v) is 7.00. The summed E-state index contributed by atoms with van der Waals surface area (Å²) >= 11 is 1.56. The minimum Gasteiger partial charge on any atom is -0.480 e. The monoisotopic (exact) mass is 357 g/mol. The van der Waals surface area contributed by atoms with Crippen LogP contribution in [0.5, 0.6) is 0 Å². The van der Waals surface area contributed by atoms with E-state index in [1.807, 2.05) is 56.5 Å². The SMILES string of the molecule is CSCCC(NC(=O)c1ccc(C)cc1-c1ccccc1C)C(=O)O. The second-order valence-electron chi connectivity index (χ2n) is 6.01. The largest absolute Gasteiger partial charge is 0.480 e. The molecule has 2 aromatic rings. The molecule has 0 fully saturated rings. The van der Waals surface area contributed by atoms with Crippen molar-refractivity contribution in [2.45, 2.75) is 26.3 Å². The second kappa shape index (κ2) is 8.72. The van der Waals surface area contributed by atoms with Crippen molar-refractivity contribution in [3.05, 3.63) is 59.2 Å². The number of amides is 1. The van der Waals surface area contributed by atoms with Crippen molar-refractivity contribution in [2.75, 3.05) is 12.0 Å². The minimum atomic E-state index is -1.01. The molecule has 0 aromatic heterocycles. The predicted molar refractivity (Wildman–Crippen MR) is 103 cm³/mol. The molecule has 0 bridgehead atoms. The van der Waals surface area contributed by atoms with Crippen LogP contribution < -0.4 is 5.32 Å². The Hall–Kier alpha value is -2.27. The van der Waals surface area contributed by atoms with E-state index in [1.54, 1.807) is 17.8 Å². The molecule has 5 heteroatoms. The van der Waals surface area contributed by atoms with E-state index in [2.05, 4.69) is 5.32 Å². The summed E-state index contributed by atoms with van der Waals surface area (Å²) in [5.74, 6) is -0.686. The van der Waals surface area contributed by atoms with Gasteiger partial charge in [0.1, 0.15) is 6.04 Å². The van der Waals surface area contributed by atoms with Crippen molar-refractivity contribution in [1.82, 2.24) is 5.32 Å². The van der Waals surface area contributed by atoms with Gasteiger partial charge < -0.3 is 10.4 Å². The zero-order valence-electron chi connectivity index (χ0n) is 14.7. The van der Waals surface area contributed by atoms with Gasteiger partial charge in [0.05, 0.1) is 0 Å². The molecule has 1 unspecified atom stereocenters. The number of aryl methyl sites for hydroxylation is 2. The standard InChI is InChI=1S/C20H23NO3S/c1-13-8-9-16(17(12-13)15-7-5-4-6-14(15)2)19(22)21-18(20(23)24)10-11-25-3/h4-9,12,18H,10-11H2,1-3H3,(H,21,22)(H,23,24). The maximum Gasteiger partial charge on any atom is 0.326 e. The van der Waals surface area contributed by atoms with Crippen molar-refractivity contribution in [3.8, 4) is 11.1 Å². The Kier molecular flexibility index (Phi) is 6.65. The summed E-state index contributed by atoms with van der Waals surface area (Å²) in [6.45, 7) is 3.97. The van der Waals surface area contributed by atoms with Gasteiger partial charge in [-0.25, -0.2) is 4.79 Å². The van der Waals surface area contributed by atoms with Crippen LogP contribution in [-0.2, 0) is 4.79 Å². The number of aliphatic carboxylic acids is 1. The summed E-state index contributed by atoms with van der Waals surface area (Å²) in [7, 11) is 0. The van der Waals surface area contributed by atoms with E-state index in [9.17, 15) is 14.7 Å². The van der Waals surface area contributed by atoms with Crippen LogP contribution in [0.3, 0.4) is 0 Å². The number of benzene rings is 2. The minimum absolute atomic E-state index is 0.355. The van der Waals surface area contributed by atoms with Crippen LogP contribution >= 0.6 is 11.8 Å². The molecule has 0 aliphatic heterocycles. The average molecular weight is 357 g/mol. The number of carbonyl (C=O) groups is 2. The number of carboxylic acid groups (broad SMARTS) is 1. The molecule has 1 atom stereocenters. The molecular weight excluding hydrogens is 334 g/mol. The fourth-order valence-electron chi connectivity index (χ4n) is 2.68. The Morgan fingerprint density at radius 1 is 1.12 bits per heavy atom. The van der Waals surface area contributed by atoms with E-state index in [1.165, 1.54) is 0 Å². The number of rotatable bonds is 7. The van der Waals surface area contributed by atoms with Gasteiger partial charge >= 0.3 is 5.97 Å². The highest BCUT2D eigenvalue weighted by Crippen LogP contribution is 2.28. The quantitative estimate of drug-likeness (QED) is 0.788. The lowest BCUT2D eigenvalue weighted by atomic mass is 9.94. The summed E-state index contributed by atoms with van der Waals surface area (Å²) < 4.78 is 0. The first-order valence-electron chi connectivity index (χ1n) is 8.13. The van der Waals surface area contributed by atoms with E-state index in [4.69, 9.17) is 0 Å². The summed E-state index contributed by atoms with van der Waals surface area (Å²) in [4.78, 5) is 24.2. The topological polar surface area (TPSA) is 66.4 Å². The highest BCUT2D eigenvalue weighted by atomic mass is 32.2. The van der Waals surface area contributed by atoms with Crippen molar-refractivity contribution in [1.29, 1.82) is 0 Å². The van der Waals surface area contributed by atoms with Crippen LogP contribution in [0.15, 0.2) is 42.5 Å². The van der Waals surface area contributed by atoms with Gasteiger partial charge in [-0.15, -0.1) is 0 Å². The number of hydrogen-bond donors (Lipinski definition) is 2. The fraction of sp³-hybridized carbons (Fsp3) is 0.300. The Bertz CT molecular complexity index is 773. The van der Waals surface area contributed by atoms with Crippen molar-refractivity contribution in [2.24, 2.45) is 0 Å². The average Bonchev–Trinajstić information content (AvgIpc) is 2.58. The van der Waals surface area contributed by atoms with Gasteiger partial charge in [-0.2, -0.15) is 11.8 Å². The van der Waals surface area contributed by atoms with Crippen LogP contribution in [0.2, 0.25) is 0 Å². The van der Waals surface area contributed by atoms with Crippen LogP contribution in [0.25, 0.3) is 11.1 Å². The summed E-state index contributed by atoms with van der Waals surface area (Å²) in [6.07, 6.45) is 2.31. The number of thioether (sulfide) groups is 1. The van der Waals surface area contributed by atoms with E-state index < -0.39 is 12.0 Å². The molecule has 1 amide bonds. The number of carbonyl (C=O) groups excluding carboxylic acids is 1. The molecule has 0 saturated heterocycles. The van der Waals surface area contributed by atoms with E-state index in [0.29, 0.717) is 17.7 Å². The summed E-state index contributed by atoms with van der Waals surface area (Å²) in [6, 6.07) is 12.6. The Morgan fingerprint density at radius 2 is 1.84 bits per heavy atom. The molecule has 25 heavy (non-hydrogen) atoms. The third-order valence-corrected chi connectivity index (χ3v) is 4.71. The smallest absolute Gasteiger partial charge is 0.326 e. The van der Waals surface area contributed by atoms with Gasteiger partial charge in [0.25, 0.3) is 5.91 Å². The van der Waals surface area contributed by atoms with Gasteiger partial charge in [0.15, 0.2) is 0 Å². The first kappa shape index (κ1) is 19.1. The molecule has 2 aromatic carbocycles. The molecule has 2 rings (SSSR count). The summed E-state index contributed by atoms with van der Waals surface area (Å²) in [5.41, 5.74) is 4.42. The van der Waals surface area contributed by atoms with Crippen molar-refractivity contribution < 1.29 is 14.7 Å². The van der Waals surface area contributed by atoms with E-state index >= 15 is 0 Å². The highest BCUT2D eigenvalue weighted by molar-refractivity contribution is 7.98. The number of nitrogens with one attached hydrogen (secondary N) is 1. The number of hydrogen-bond acceptors (Lipinski definition) is 3. The fourth-order valence-corrected chi connectivity index (χ4v) is 3.15. The van der Waals surface area contributed by atoms with Gasteiger partial charge in [-0.1, -0.05) is 42.0 Å². The van der Waals surface area contributed by atoms with Crippen LogP contribution in [0.1, 0.15) is 27.9 Å². The molecule has 2 N–H and O–H groups in total. The normalized spacial score (nSPS) is 11.8. The molecule has 132 valence electrons. The van der Waals surface area contributed by atoms with Crippen LogP contribution in [0, 0.1) is 13.8 Å².